The smallest absolute Gasteiger partial charge is 0.178 e. The Morgan fingerprint density at radius 2 is 2.08 bits per heavy atom. The molecule has 1 saturated heterocycles. The molecule has 0 radical (unpaired) electrons. The minimum atomic E-state index is -0.253. The van der Waals surface area contributed by atoms with Crippen molar-refractivity contribution in [2.24, 2.45) is 10.3 Å². The Kier molecular flexibility index (Phi) is 5.26. The molecule has 2 aromatic rings. The Labute approximate surface area is 156 Å². The third-order valence-electron chi connectivity index (χ3n) is 4.74. The molecule has 2 aliphatic heterocycles. The summed E-state index contributed by atoms with van der Waals surface area (Å²) in [5.74, 6) is 0.559. The number of piperidine rings is 1. The summed E-state index contributed by atoms with van der Waals surface area (Å²) in [6, 6.07) is 9.92. The number of oxime groups is 2. The van der Waals surface area contributed by atoms with E-state index in [2.05, 4.69) is 21.0 Å². The molecule has 1 fully saturated rings. The topological polar surface area (TPSA) is 68.1 Å². The summed E-state index contributed by atoms with van der Waals surface area (Å²) in [5.41, 5.74) is 3.53. The van der Waals surface area contributed by atoms with Crippen LogP contribution in [-0.2, 0) is 9.68 Å². The molecule has 0 saturated carbocycles. The van der Waals surface area contributed by atoms with Gasteiger partial charge < -0.3 is 15.0 Å². The minimum Gasteiger partial charge on any atom is -0.399 e. The van der Waals surface area contributed by atoms with Gasteiger partial charge in [-0.05, 0) is 25.9 Å². The molecular weight excluding hydrogens is 348 g/mol. The molecule has 3 heterocycles. The highest BCUT2D eigenvalue weighted by Gasteiger charge is 2.30. The maximum absolute atomic E-state index is 5.68. The lowest BCUT2D eigenvalue weighted by atomic mass is 9.99. The molecule has 6 nitrogen and oxygen atoms in total. The molecular formula is C19H22N4O2S. The summed E-state index contributed by atoms with van der Waals surface area (Å²) in [5, 5.41) is 15.2. The highest BCUT2D eigenvalue weighted by atomic mass is 32.1. The van der Waals surface area contributed by atoms with Crippen LogP contribution in [0.5, 0.6) is 0 Å². The van der Waals surface area contributed by atoms with E-state index in [1.54, 1.807) is 18.4 Å². The van der Waals surface area contributed by atoms with E-state index in [9.17, 15) is 0 Å². The monoisotopic (exact) mass is 370 g/mol. The number of benzene rings is 1. The van der Waals surface area contributed by atoms with Gasteiger partial charge in [0.05, 0.1) is 10.7 Å². The summed E-state index contributed by atoms with van der Waals surface area (Å²) in [6.45, 7) is 2.14. The van der Waals surface area contributed by atoms with Gasteiger partial charge >= 0.3 is 0 Å². The zero-order valence-electron chi connectivity index (χ0n) is 14.7. The zero-order valence-corrected chi connectivity index (χ0v) is 15.5. The molecule has 0 aliphatic carbocycles. The summed E-state index contributed by atoms with van der Waals surface area (Å²) < 4.78 is 0. The van der Waals surface area contributed by atoms with Gasteiger partial charge in [0.1, 0.15) is 18.5 Å². The maximum atomic E-state index is 5.68. The molecule has 136 valence electrons. The van der Waals surface area contributed by atoms with Gasteiger partial charge in [-0.2, -0.15) is 0 Å². The zero-order chi connectivity index (χ0) is 17.8. The van der Waals surface area contributed by atoms with Crippen LogP contribution in [0.2, 0.25) is 0 Å². The predicted molar refractivity (Wildman–Crippen MR) is 103 cm³/mol. The van der Waals surface area contributed by atoms with E-state index in [0.717, 1.165) is 48.6 Å². The molecule has 0 spiro atoms. The number of aromatic nitrogens is 1. The van der Waals surface area contributed by atoms with Gasteiger partial charge in [0.15, 0.2) is 6.10 Å². The molecule has 1 unspecified atom stereocenters. The molecule has 1 aromatic carbocycles. The van der Waals surface area contributed by atoms with E-state index < -0.39 is 0 Å². The molecule has 2 aliphatic rings. The van der Waals surface area contributed by atoms with Gasteiger partial charge in [-0.3, -0.25) is 0 Å². The van der Waals surface area contributed by atoms with Crippen LogP contribution in [-0.4, -0.2) is 42.7 Å². The van der Waals surface area contributed by atoms with Gasteiger partial charge in [0.25, 0.3) is 0 Å². The third kappa shape index (κ3) is 3.64. The first-order chi connectivity index (χ1) is 12.8. The van der Waals surface area contributed by atoms with Crippen LogP contribution in [0.4, 0.5) is 0 Å². The first-order valence-corrected chi connectivity index (χ1v) is 9.79. The van der Waals surface area contributed by atoms with E-state index >= 15 is 0 Å². The van der Waals surface area contributed by atoms with Crippen LogP contribution < -0.4 is 5.32 Å². The fourth-order valence-corrected chi connectivity index (χ4v) is 4.36. The number of hydrogen-bond donors (Lipinski definition) is 1. The van der Waals surface area contributed by atoms with Crippen LogP contribution in [0, 0.1) is 0 Å². The first kappa shape index (κ1) is 17.2. The molecule has 1 N–H and O–H groups in total. The predicted octanol–water partition coefficient (Wildman–Crippen LogP) is 3.15. The van der Waals surface area contributed by atoms with Gasteiger partial charge in [0, 0.05) is 23.3 Å². The molecule has 1 aromatic heterocycles. The molecule has 7 heteroatoms. The van der Waals surface area contributed by atoms with Crippen molar-refractivity contribution < 1.29 is 9.68 Å². The van der Waals surface area contributed by atoms with Crippen molar-refractivity contribution in [1.82, 2.24) is 10.3 Å². The van der Waals surface area contributed by atoms with Crippen molar-refractivity contribution in [3.63, 3.8) is 0 Å². The lowest BCUT2D eigenvalue weighted by molar-refractivity contribution is 0.126. The normalized spacial score (nSPS) is 21.3. The van der Waals surface area contributed by atoms with Gasteiger partial charge in [0.2, 0.25) is 0 Å². The quantitative estimate of drug-likeness (QED) is 0.648. The SMILES string of the molecule is CO/N=C(/c1ccccc1)C1CC(c2csc(C3CCNCC3)n2)=NO1. The van der Waals surface area contributed by atoms with Crippen molar-refractivity contribution in [3.05, 3.63) is 52.0 Å². The van der Waals surface area contributed by atoms with E-state index in [1.165, 1.54) is 5.01 Å². The van der Waals surface area contributed by atoms with Crippen LogP contribution in [0.15, 0.2) is 46.0 Å². The fraction of sp³-hybridized carbons (Fsp3) is 0.421. The Hall–Kier alpha value is -2.25. The molecule has 0 bridgehead atoms. The number of nitrogens with one attached hydrogen (secondary N) is 1. The average molecular weight is 370 g/mol. The Bertz CT molecular complexity index is 797. The highest BCUT2D eigenvalue weighted by Crippen LogP contribution is 2.29. The van der Waals surface area contributed by atoms with Crippen LogP contribution in [0.3, 0.4) is 0 Å². The molecule has 0 amide bonds. The summed E-state index contributed by atoms with van der Waals surface area (Å²) >= 11 is 1.73. The average Bonchev–Trinajstić information content (AvgIpc) is 3.37. The Morgan fingerprint density at radius 3 is 2.85 bits per heavy atom. The summed E-state index contributed by atoms with van der Waals surface area (Å²) in [4.78, 5) is 15.5. The summed E-state index contributed by atoms with van der Waals surface area (Å²) in [7, 11) is 1.55. The van der Waals surface area contributed by atoms with Crippen molar-refractivity contribution in [3.8, 4) is 0 Å². The lowest BCUT2D eigenvalue weighted by Gasteiger charge is -2.20. The summed E-state index contributed by atoms with van der Waals surface area (Å²) in [6.07, 6.45) is 2.69. The number of hydrogen-bond acceptors (Lipinski definition) is 7. The van der Waals surface area contributed by atoms with Crippen molar-refractivity contribution in [2.75, 3.05) is 20.2 Å². The second kappa shape index (κ2) is 7.97. The number of nitrogens with zero attached hydrogens (tertiary/aromatic N) is 3. The first-order valence-electron chi connectivity index (χ1n) is 8.91. The van der Waals surface area contributed by atoms with E-state index in [1.807, 2.05) is 30.3 Å². The molecule has 26 heavy (non-hydrogen) atoms. The second-order valence-corrected chi connectivity index (χ2v) is 7.35. The number of thiazole rings is 1. The van der Waals surface area contributed by atoms with Gasteiger partial charge in [-0.25, -0.2) is 4.98 Å². The largest absolute Gasteiger partial charge is 0.399 e. The van der Waals surface area contributed by atoms with E-state index in [-0.39, 0.29) is 6.10 Å². The van der Waals surface area contributed by atoms with Crippen molar-refractivity contribution in [1.29, 1.82) is 0 Å². The van der Waals surface area contributed by atoms with Crippen LogP contribution in [0.1, 0.15) is 41.4 Å². The van der Waals surface area contributed by atoms with Crippen molar-refractivity contribution >= 4 is 22.8 Å². The lowest BCUT2D eigenvalue weighted by Crippen LogP contribution is -2.26. The van der Waals surface area contributed by atoms with E-state index in [0.29, 0.717) is 12.3 Å². The van der Waals surface area contributed by atoms with E-state index in [4.69, 9.17) is 14.7 Å². The van der Waals surface area contributed by atoms with Gasteiger partial charge in [-0.15, -0.1) is 11.3 Å². The Morgan fingerprint density at radius 1 is 1.27 bits per heavy atom. The minimum absolute atomic E-state index is 0.253. The van der Waals surface area contributed by atoms with Gasteiger partial charge in [-0.1, -0.05) is 40.6 Å². The Balaban J connectivity index is 1.47. The second-order valence-electron chi connectivity index (χ2n) is 6.46. The maximum Gasteiger partial charge on any atom is 0.178 e. The number of rotatable bonds is 5. The fourth-order valence-electron chi connectivity index (χ4n) is 3.36. The third-order valence-corrected chi connectivity index (χ3v) is 5.75. The van der Waals surface area contributed by atoms with Crippen LogP contribution in [0.25, 0.3) is 0 Å². The molecule has 1 atom stereocenters. The van der Waals surface area contributed by atoms with Crippen molar-refractivity contribution in [2.45, 2.75) is 31.3 Å². The highest BCUT2D eigenvalue weighted by molar-refractivity contribution is 7.10. The molecule has 4 rings (SSSR count). The van der Waals surface area contributed by atoms with Crippen LogP contribution >= 0.6 is 11.3 Å². The standard InChI is InChI=1S/C19H22N4O2S/c1-24-23-18(13-5-3-2-4-6-13)17-11-15(22-25-17)16-12-26-19(21-16)14-7-9-20-10-8-14/h2-6,12,14,17,20H,7-11H2,1H3/b23-18-.